The summed E-state index contributed by atoms with van der Waals surface area (Å²) in [6, 6.07) is 13.0. The summed E-state index contributed by atoms with van der Waals surface area (Å²) in [6.07, 6.45) is 11.0. The molecule has 0 aromatic heterocycles. The number of nitrogens with one attached hydrogen (secondary N) is 1. The number of nitrogens with zero attached hydrogens (tertiary/aromatic N) is 1. The van der Waals surface area contributed by atoms with Crippen molar-refractivity contribution < 1.29 is 24.2 Å². The number of ether oxygens (including phenoxy) is 2. The highest BCUT2D eigenvalue weighted by Gasteiger charge is 2.33. The Morgan fingerprint density at radius 3 is 2.69 bits per heavy atom. The molecule has 1 amide bonds. The molecule has 0 bridgehead atoms. The molecule has 1 aliphatic heterocycles. The molecule has 0 spiro atoms. The zero-order valence-electron chi connectivity index (χ0n) is 25.2. The molecule has 42 heavy (non-hydrogen) atoms. The second-order valence-electron chi connectivity index (χ2n) is 10.5. The van der Waals surface area contributed by atoms with Gasteiger partial charge in [-0.25, -0.2) is 4.79 Å². The Kier molecular flexibility index (Phi) is 13.5. The Labute approximate surface area is 254 Å². The molecule has 226 valence electrons. The number of rotatable bonds is 16. The van der Waals surface area contributed by atoms with Crippen molar-refractivity contribution in [3.8, 4) is 11.1 Å². The largest absolute Gasteiger partial charge is 0.480 e. The van der Waals surface area contributed by atoms with Gasteiger partial charge < -0.3 is 19.9 Å². The van der Waals surface area contributed by atoms with E-state index >= 15 is 0 Å². The Hall–Kier alpha value is -3.17. The number of likely N-dealkylation sites (tertiary alicyclic amines) is 1. The number of carbonyl (C=O) groups excluding carboxylic acids is 1. The van der Waals surface area contributed by atoms with Gasteiger partial charge in [-0.1, -0.05) is 61.2 Å². The summed E-state index contributed by atoms with van der Waals surface area (Å²) in [5.74, 6) is -0.767. The third kappa shape index (κ3) is 9.42. The Morgan fingerprint density at radius 1 is 1.24 bits per heavy atom. The smallest absolute Gasteiger partial charge is 0.326 e. The highest BCUT2D eigenvalue weighted by Crippen LogP contribution is 2.30. The van der Waals surface area contributed by atoms with Crippen LogP contribution in [0.5, 0.6) is 0 Å². The standard InChI is InChI=1S/C34H44N2O5S/c1-6-8-12-25(7-2)22-41-28-19-27(23-40-4)36(21-28)20-26-14-15-30(31(18-26)29-13-10-9-11-24(29)3)33(37)35-32(34(38)39)16-17-42-5/h6-15,18,27-28,32H,1,16-17,19-23H2,2-5H3,(H,35,37)(H,38,39)/b12-8-,25-7+. The first kappa shape index (κ1) is 33.3. The molecule has 2 N–H and O–H groups in total. The predicted molar refractivity (Wildman–Crippen MR) is 172 cm³/mol. The topological polar surface area (TPSA) is 88.1 Å². The number of carbonyl (C=O) groups is 2. The lowest BCUT2D eigenvalue weighted by atomic mass is 9.93. The number of carboxylic acids is 1. The number of thioether (sulfide) groups is 1. The molecular formula is C34H44N2O5S. The van der Waals surface area contributed by atoms with Crippen molar-refractivity contribution in [2.24, 2.45) is 0 Å². The highest BCUT2D eigenvalue weighted by atomic mass is 32.2. The normalized spacial score (nSPS) is 18.3. The molecule has 1 fully saturated rings. The van der Waals surface area contributed by atoms with Crippen molar-refractivity contribution in [2.45, 2.75) is 51.4 Å². The molecule has 1 saturated heterocycles. The van der Waals surface area contributed by atoms with Crippen molar-refractivity contribution in [1.29, 1.82) is 0 Å². The number of methoxy groups -OCH3 is 1. The Balaban J connectivity index is 1.85. The van der Waals surface area contributed by atoms with Crippen LogP contribution in [-0.2, 0) is 20.8 Å². The van der Waals surface area contributed by atoms with Crippen LogP contribution in [0.4, 0.5) is 0 Å². The van der Waals surface area contributed by atoms with Crippen LogP contribution in [0.2, 0.25) is 0 Å². The van der Waals surface area contributed by atoms with Crippen molar-refractivity contribution in [2.75, 3.05) is 38.9 Å². The maximum atomic E-state index is 13.4. The Bertz CT molecular complexity index is 1270. The van der Waals surface area contributed by atoms with Crippen LogP contribution in [-0.4, -0.2) is 78.9 Å². The number of hydrogen-bond acceptors (Lipinski definition) is 6. The first-order valence-electron chi connectivity index (χ1n) is 14.3. The monoisotopic (exact) mass is 592 g/mol. The van der Waals surface area contributed by atoms with Crippen LogP contribution in [0.25, 0.3) is 11.1 Å². The van der Waals surface area contributed by atoms with Crippen molar-refractivity contribution >= 4 is 23.6 Å². The van der Waals surface area contributed by atoms with Crippen molar-refractivity contribution in [3.63, 3.8) is 0 Å². The van der Waals surface area contributed by atoms with E-state index in [1.807, 2.05) is 74.7 Å². The molecule has 1 heterocycles. The average molecular weight is 593 g/mol. The molecule has 3 rings (SSSR count). The summed E-state index contributed by atoms with van der Waals surface area (Å²) < 4.78 is 11.8. The van der Waals surface area contributed by atoms with Gasteiger partial charge in [0.2, 0.25) is 0 Å². The van der Waals surface area contributed by atoms with Gasteiger partial charge in [0.1, 0.15) is 6.04 Å². The van der Waals surface area contributed by atoms with Crippen molar-refractivity contribution in [3.05, 3.63) is 95.6 Å². The van der Waals surface area contributed by atoms with E-state index in [1.165, 1.54) is 0 Å². The molecule has 2 aromatic rings. The van der Waals surface area contributed by atoms with Crippen LogP contribution >= 0.6 is 11.8 Å². The maximum Gasteiger partial charge on any atom is 0.326 e. The second-order valence-corrected chi connectivity index (χ2v) is 11.5. The summed E-state index contributed by atoms with van der Waals surface area (Å²) in [4.78, 5) is 27.6. The number of aryl methyl sites for hydroxylation is 1. The highest BCUT2D eigenvalue weighted by molar-refractivity contribution is 7.98. The minimum absolute atomic E-state index is 0.0763. The molecule has 0 saturated carbocycles. The van der Waals surface area contributed by atoms with E-state index < -0.39 is 12.0 Å². The minimum Gasteiger partial charge on any atom is -0.480 e. The fourth-order valence-corrected chi connectivity index (χ4v) is 5.67. The summed E-state index contributed by atoms with van der Waals surface area (Å²) in [7, 11) is 1.72. The van der Waals surface area contributed by atoms with Gasteiger partial charge in [-0.05, 0) is 78.7 Å². The van der Waals surface area contributed by atoms with E-state index in [0.717, 1.165) is 40.8 Å². The van der Waals surface area contributed by atoms with Gasteiger partial charge in [0.25, 0.3) is 5.91 Å². The van der Waals surface area contributed by atoms with Crippen LogP contribution in [0.15, 0.2) is 78.9 Å². The zero-order chi connectivity index (χ0) is 30.5. The second kappa shape index (κ2) is 17.1. The quantitative estimate of drug-likeness (QED) is 0.235. The lowest BCUT2D eigenvalue weighted by Crippen LogP contribution is -2.41. The summed E-state index contributed by atoms with van der Waals surface area (Å²) >= 11 is 1.55. The van der Waals surface area contributed by atoms with Gasteiger partial charge in [-0.15, -0.1) is 0 Å². The molecule has 8 heteroatoms. The van der Waals surface area contributed by atoms with Gasteiger partial charge in [-0.2, -0.15) is 11.8 Å². The average Bonchev–Trinajstić information content (AvgIpc) is 3.36. The maximum absolute atomic E-state index is 13.4. The van der Waals surface area contributed by atoms with Gasteiger partial charge in [0.05, 0.1) is 19.3 Å². The predicted octanol–water partition coefficient (Wildman–Crippen LogP) is 5.89. The molecule has 2 aromatic carbocycles. The summed E-state index contributed by atoms with van der Waals surface area (Å²) in [5, 5.41) is 12.4. The number of carboxylic acid groups (broad SMARTS) is 1. The van der Waals surface area contributed by atoms with E-state index in [-0.39, 0.29) is 18.1 Å². The molecule has 7 nitrogen and oxygen atoms in total. The fourth-order valence-electron chi connectivity index (χ4n) is 5.20. The molecule has 3 atom stereocenters. The van der Waals surface area contributed by atoms with E-state index in [0.29, 0.717) is 37.5 Å². The first-order chi connectivity index (χ1) is 20.3. The number of allylic oxidation sites excluding steroid dienone is 3. The molecular weight excluding hydrogens is 548 g/mol. The van der Waals surface area contributed by atoms with Gasteiger partial charge in [0, 0.05) is 31.8 Å². The summed E-state index contributed by atoms with van der Waals surface area (Å²) in [6.45, 7) is 10.3. The number of amides is 1. The molecule has 0 aliphatic carbocycles. The fraction of sp³-hybridized carbons (Fsp3) is 0.412. The minimum atomic E-state index is -1.03. The number of hydrogen-bond donors (Lipinski definition) is 2. The van der Waals surface area contributed by atoms with Crippen LogP contribution in [0, 0.1) is 6.92 Å². The first-order valence-corrected chi connectivity index (χ1v) is 15.7. The van der Waals surface area contributed by atoms with E-state index in [4.69, 9.17) is 9.47 Å². The molecule has 3 unspecified atom stereocenters. The van der Waals surface area contributed by atoms with E-state index in [1.54, 1.807) is 24.9 Å². The van der Waals surface area contributed by atoms with Gasteiger partial charge >= 0.3 is 5.97 Å². The molecule has 0 radical (unpaired) electrons. The zero-order valence-corrected chi connectivity index (χ0v) is 26.0. The lowest BCUT2D eigenvalue weighted by Gasteiger charge is -2.24. The number of aliphatic carboxylic acids is 1. The van der Waals surface area contributed by atoms with E-state index in [9.17, 15) is 14.7 Å². The third-order valence-corrected chi connectivity index (χ3v) is 8.16. The van der Waals surface area contributed by atoms with E-state index in [2.05, 4.69) is 22.9 Å². The Morgan fingerprint density at radius 2 is 2.02 bits per heavy atom. The van der Waals surface area contributed by atoms with Gasteiger partial charge in [-0.3, -0.25) is 9.69 Å². The SMILES string of the molecule is C=C/C=C\C(=C/C)COC1CC(COC)N(Cc2ccc(C(=O)NC(CCSC)C(=O)O)c(-c3ccccc3C)c2)C1. The van der Waals surface area contributed by atoms with Crippen LogP contribution in [0.1, 0.15) is 41.3 Å². The van der Waals surface area contributed by atoms with Crippen molar-refractivity contribution in [1.82, 2.24) is 10.2 Å². The van der Waals surface area contributed by atoms with Gasteiger partial charge in [0.15, 0.2) is 0 Å². The van der Waals surface area contributed by atoms with Crippen LogP contribution in [0.3, 0.4) is 0 Å². The molecule has 1 aliphatic rings. The third-order valence-electron chi connectivity index (χ3n) is 7.52. The lowest BCUT2D eigenvalue weighted by molar-refractivity contribution is -0.139. The summed E-state index contributed by atoms with van der Waals surface area (Å²) in [5.41, 5.74) is 5.41. The van der Waals surface area contributed by atoms with Crippen LogP contribution < -0.4 is 5.32 Å². The number of benzene rings is 2.